The summed E-state index contributed by atoms with van der Waals surface area (Å²) in [7, 11) is 0. The minimum atomic E-state index is 0.298. The molecule has 2 aromatic heterocycles. The number of aromatic nitrogens is 3. The van der Waals surface area contributed by atoms with Crippen molar-refractivity contribution in [2.45, 2.75) is 25.5 Å². The molecule has 0 bridgehead atoms. The predicted molar refractivity (Wildman–Crippen MR) is 81.1 cm³/mol. The highest BCUT2D eigenvalue weighted by molar-refractivity contribution is 5.39. The lowest BCUT2D eigenvalue weighted by atomic mass is 10.2. The minimum Gasteiger partial charge on any atom is -0.376 e. The van der Waals surface area contributed by atoms with Crippen molar-refractivity contribution in [3.05, 3.63) is 42.4 Å². The molecular weight excluding hydrogens is 266 g/mol. The Morgan fingerprint density at radius 1 is 1.24 bits per heavy atom. The number of ether oxygens (including phenoxy) is 1. The molecule has 3 rings (SSSR count). The quantitative estimate of drug-likeness (QED) is 0.846. The van der Waals surface area contributed by atoms with E-state index >= 15 is 0 Å². The van der Waals surface area contributed by atoms with Crippen LogP contribution in [0, 0.1) is 0 Å². The Hall–Kier alpha value is -2.21. The maximum absolute atomic E-state index is 5.58. The van der Waals surface area contributed by atoms with E-state index in [1.807, 2.05) is 24.4 Å². The maximum Gasteiger partial charge on any atom is 0.224 e. The molecule has 6 heteroatoms. The first-order valence-electron chi connectivity index (χ1n) is 7.21. The average molecular weight is 285 g/mol. The molecule has 2 N–H and O–H groups in total. The smallest absolute Gasteiger partial charge is 0.224 e. The monoisotopic (exact) mass is 285 g/mol. The molecule has 1 saturated heterocycles. The fourth-order valence-corrected chi connectivity index (χ4v) is 2.25. The molecule has 1 fully saturated rings. The lowest BCUT2D eigenvalue weighted by Crippen LogP contribution is -2.19. The van der Waals surface area contributed by atoms with Crippen LogP contribution in [0.4, 0.5) is 11.8 Å². The largest absolute Gasteiger partial charge is 0.376 e. The molecule has 1 unspecified atom stereocenters. The highest BCUT2D eigenvalue weighted by Gasteiger charge is 2.14. The molecule has 0 aromatic carbocycles. The number of nitrogens with one attached hydrogen (secondary N) is 2. The Kier molecular flexibility index (Phi) is 4.58. The Balaban J connectivity index is 1.52. The number of hydrogen-bond donors (Lipinski definition) is 2. The van der Waals surface area contributed by atoms with Gasteiger partial charge in [-0.15, -0.1) is 0 Å². The van der Waals surface area contributed by atoms with E-state index in [0.717, 1.165) is 37.4 Å². The zero-order valence-electron chi connectivity index (χ0n) is 11.8. The minimum absolute atomic E-state index is 0.298. The second-order valence-electron chi connectivity index (χ2n) is 5.00. The molecule has 0 spiro atoms. The number of anilines is 2. The lowest BCUT2D eigenvalue weighted by Gasteiger charge is -2.12. The maximum atomic E-state index is 5.58. The number of pyridine rings is 1. The van der Waals surface area contributed by atoms with Crippen LogP contribution in [0.3, 0.4) is 0 Å². The Bertz CT molecular complexity index is 557. The Labute approximate surface area is 124 Å². The molecule has 1 aliphatic rings. The fourth-order valence-electron chi connectivity index (χ4n) is 2.25. The molecule has 0 saturated carbocycles. The molecule has 1 atom stereocenters. The van der Waals surface area contributed by atoms with E-state index in [-0.39, 0.29) is 0 Å². The van der Waals surface area contributed by atoms with Crippen LogP contribution in [0.2, 0.25) is 0 Å². The zero-order chi connectivity index (χ0) is 14.3. The summed E-state index contributed by atoms with van der Waals surface area (Å²) in [5.74, 6) is 1.42. The first-order chi connectivity index (χ1) is 10.4. The summed E-state index contributed by atoms with van der Waals surface area (Å²) in [5.41, 5.74) is 1.10. The SMILES string of the molecule is c1cncc(CNc2nccc(NCC3CCCO3)n2)c1. The molecule has 110 valence electrons. The predicted octanol–water partition coefficient (Wildman–Crippen LogP) is 2.07. The highest BCUT2D eigenvalue weighted by Crippen LogP contribution is 2.13. The molecule has 0 radical (unpaired) electrons. The van der Waals surface area contributed by atoms with Crippen LogP contribution < -0.4 is 10.6 Å². The van der Waals surface area contributed by atoms with Crippen LogP contribution in [-0.2, 0) is 11.3 Å². The normalized spacial score (nSPS) is 17.6. The van der Waals surface area contributed by atoms with E-state index in [1.54, 1.807) is 12.4 Å². The van der Waals surface area contributed by atoms with Gasteiger partial charge in [0.2, 0.25) is 5.95 Å². The van der Waals surface area contributed by atoms with Crippen molar-refractivity contribution < 1.29 is 4.74 Å². The van der Waals surface area contributed by atoms with Gasteiger partial charge in [0, 0.05) is 38.3 Å². The van der Waals surface area contributed by atoms with Gasteiger partial charge in [0.1, 0.15) is 5.82 Å². The van der Waals surface area contributed by atoms with Crippen molar-refractivity contribution in [3.63, 3.8) is 0 Å². The summed E-state index contributed by atoms with van der Waals surface area (Å²) >= 11 is 0. The van der Waals surface area contributed by atoms with Crippen molar-refractivity contribution in [3.8, 4) is 0 Å². The molecule has 2 aromatic rings. The average Bonchev–Trinajstić information content (AvgIpc) is 3.06. The summed E-state index contributed by atoms with van der Waals surface area (Å²) in [6.45, 7) is 2.32. The topological polar surface area (TPSA) is 72.0 Å². The number of rotatable bonds is 6. The highest BCUT2D eigenvalue weighted by atomic mass is 16.5. The fraction of sp³-hybridized carbons (Fsp3) is 0.400. The van der Waals surface area contributed by atoms with Crippen LogP contribution in [0.5, 0.6) is 0 Å². The van der Waals surface area contributed by atoms with Gasteiger partial charge in [-0.25, -0.2) is 4.98 Å². The third-order valence-corrected chi connectivity index (χ3v) is 3.36. The summed E-state index contributed by atoms with van der Waals surface area (Å²) in [4.78, 5) is 12.7. The third kappa shape index (κ3) is 4.13. The summed E-state index contributed by atoms with van der Waals surface area (Å²) < 4.78 is 5.58. The van der Waals surface area contributed by atoms with Gasteiger partial charge in [-0.2, -0.15) is 4.98 Å². The van der Waals surface area contributed by atoms with Gasteiger partial charge in [0.15, 0.2) is 0 Å². The van der Waals surface area contributed by atoms with Crippen LogP contribution in [0.1, 0.15) is 18.4 Å². The van der Waals surface area contributed by atoms with E-state index < -0.39 is 0 Å². The summed E-state index contributed by atoms with van der Waals surface area (Å²) in [6.07, 6.45) is 7.89. The van der Waals surface area contributed by atoms with E-state index in [0.29, 0.717) is 18.6 Å². The molecule has 21 heavy (non-hydrogen) atoms. The zero-order valence-corrected chi connectivity index (χ0v) is 11.8. The Morgan fingerprint density at radius 2 is 2.24 bits per heavy atom. The first-order valence-corrected chi connectivity index (χ1v) is 7.21. The molecule has 3 heterocycles. The molecule has 0 aliphatic carbocycles. The Morgan fingerprint density at radius 3 is 3.05 bits per heavy atom. The van der Waals surface area contributed by atoms with Crippen molar-refractivity contribution in [2.75, 3.05) is 23.8 Å². The standard InChI is InChI=1S/C15H19N5O/c1-3-12(9-16-6-1)10-19-15-17-7-5-14(20-15)18-11-13-4-2-8-21-13/h1,3,5-7,9,13H,2,4,8,10-11H2,(H2,17,18,19,20). The van der Waals surface area contributed by atoms with Gasteiger partial charge in [0.05, 0.1) is 6.10 Å². The van der Waals surface area contributed by atoms with E-state index in [1.165, 1.54) is 0 Å². The van der Waals surface area contributed by atoms with Gasteiger partial charge in [0.25, 0.3) is 0 Å². The van der Waals surface area contributed by atoms with Crippen molar-refractivity contribution in [1.82, 2.24) is 15.0 Å². The van der Waals surface area contributed by atoms with Gasteiger partial charge < -0.3 is 15.4 Å². The van der Waals surface area contributed by atoms with Gasteiger partial charge in [-0.3, -0.25) is 4.98 Å². The van der Waals surface area contributed by atoms with Crippen LogP contribution in [0.25, 0.3) is 0 Å². The molecule has 0 amide bonds. The van der Waals surface area contributed by atoms with Crippen molar-refractivity contribution in [2.24, 2.45) is 0 Å². The third-order valence-electron chi connectivity index (χ3n) is 3.36. The second kappa shape index (κ2) is 6.99. The van der Waals surface area contributed by atoms with Crippen molar-refractivity contribution in [1.29, 1.82) is 0 Å². The molecular formula is C15H19N5O. The van der Waals surface area contributed by atoms with Gasteiger partial charge in [-0.1, -0.05) is 6.07 Å². The van der Waals surface area contributed by atoms with Crippen LogP contribution in [0.15, 0.2) is 36.8 Å². The second-order valence-corrected chi connectivity index (χ2v) is 5.00. The molecule has 1 aliphatic heterocycles. The lowest BCUT2D eigenvalue weighted by molar-refractivity contribution is 0.120. The van der Waals surface area contributed by atoms with E-state index in [9.17, 15) is 0 Å². The summed E-state index contributed by atoms with van der Waals surface area (Å²) in [5, 5.41) is 6.49. The van der Waals surface area contributed by atoms with Crippen LogP contribution in [-0.4, -0.2) is 34.2 Å². The van der Waals surface area contributed by atoms with Crippen LogP contribution >= 0.6 is 0 Å². The van der Waals surface area contributed by atoms with E-state index in [2.05, 4.69) is 25.6 Å². The number of hydrogen-bond acceptors (Lipinski definition) is 6. The van der Waals surface area contributed by atoms with Crippen molar-refractivity contribution >= 4 is 11.8 Å². The van der Waals surface area contributed by atoms with E-state index in [4.69, 9.17) is 4.74 Å². The first kappa shape index (κ1) is 13.8. The number of nitrogens with zero attached hydrogens (tertiary/aromatic N) is 3. The summed E-state index contributed by atoms with van der Waals surface area (Å²) in [6, 6.07) is 5.79. The van der Waals surface area contributed by atoms with Gasteiger partial charge in [-0.05, 0) is 30.5 Å². The molecule has 6 nitrogen and oxygen atoms in total. The van der Waals surface area contributed by atoms with Gasteiger partial charge >= 0.3 is 0 Å².